The van der Waals surface area contributed by atoms with Gasteiger partial charge in [0.15, 0.2) is 0 Å². The van der Waals surface area contributed by atoms with Crippen molar-refractivity contribution in [3.8, 4) is 5.75 Å². The highest BCUT2D eigenvalue weighted by Crippen LogP contribution is 2.29. The highest BCUT2D eigenvalue weighted by molar-refractivity contribution is 5.27. The van der Waals surface area contributed by atoms with E-state index in [1.165, 1.54) is 6.07 Å². The Morgan fingerprint density at radius 3 is 2.50 bits per heavy atom. The Labute approximate surface area is 80.5 Å². The molecule has 1 aromatic rings. The predicted octanol–water partition coefficient (Wildman–Crippen LogP) is 3.29. The lowest BCUT2D eigenvalue weighted by Gasteiger charge is -2.07. The van der Waals surface area contributed by atoms with Crippen LogP contribution in [0.2, 0.25) is 0 Å². The van der Waals surface area contributed by atoms with Gasteiger partial charge in [-0.2, -0.15) is 13.2 Å². The Bertz CT molecular complexity index is 276. The number of hydrogen-bond acceptors (Lipinski definition) is 1. The third-order valence-electron chi connectivity index (χ3n) is 1.57. The first-order valence-corrected chi connectivity index (χ1v) is 4.25. The van der Waals surface area contributed by atoms with Gasteiger partial charge in [-0.1, -0.05) is 6.92 Å². The molecule has 1 aromatic carbocycles. The summed E-state index contributed by atoms with van der Waals surface area (Å²) in [5.41, 5.74) is -0.707. The Morgan fingerprint density at radius 1 is 1.36 bits per heavy atom. The van der Waals surface area contributed by atoms with E-state index in [4.69, 9.17) is 4.74 Å². The van der Waals surface area contributed by atoms with Crippen LogP contribution >= 0.6 is 0 Å². The second-order valence-electron chi connectivity index (χ2n) is 2.79. The van der Waals surface area contributed by atoms with Crippen molar-refractivity contribution in [3.05, 3.63) is 29.8 Å². The average molecular weight is 203 g/mol. The SMILES string of the molecule is CCCOc1[c]cc(C(F)(F)F)cc1. The van der Waals surface area contributed by atoms with Crippen LogP contribution in [0.3, 0.4) is 0 Å². The second kappa shape index (κ2) is 4.35. The van der Waals surface area contributed by atoms with Crippen molar-refractivity contribution in [1.29, 1.82) is 0 Å². The molecule has 0 saturated carbocycles. The zero-order valence-electron chi connectivity index (χ0n) is 7.69. The van der Waals surface area contributed by atoms with Gasteiger partial charge in [0.05, 0.1) is 12.2 Å². The number of halogens is 3. The fourth-order valence-corrected chi connectivity index (χ4v) is 0.889. The van der Waals surface area contributed by atoms with Crippen molar-refractivity contribution < 1.29 is 17.9 Å². The fourth-order valence-electron chi connectivity index (χ4n) is 0.889. The van der Waals surface area contributed by atoms with E-state index < -0.39 is 11.7 Å². The highest BCUT2D eigenvalue weighted by atomic mass is 19.4. The van der Waals surface area contributed by atoms with Gasteiger partial charge in [-0.3, -0.25) is 0 Å². The van der Waals surface area contributed by atoms with E-state index in [2.05, 4.69) is 6.07 Å². The number of benzene rings is 1. The molecule has 0 aliphatic heterocycles. The van der Waals surface area contributed by atoms with Crippen LogP contribution in [-0.4, -0.2) is 6.61 Å². The molecule has 1 nitrogen and oxygen atoms in total. The van der Waals surface area contributed by atoms with E-state index in [9.17, 15) is 13.2 Å². The van der Waals surface area contributed by atoms with E-state index in [0.29, 0.717) is 12.4 Å². The molecule has 0 heterocycles. The quantitative estimate of drug-likeness (QED) is 0.732. The zero-order valence-corrected chi connectivity index (χ0v) is 7.69. The third kappa shape index (κ3) is 2.94. The summed E-state index contributed by atoms with van der Waals surface area (Å²) < 4.78 is 41.4. The van der Waals surface area contributed by atoms with Crippen LogP contribution in [0.25, 0.3) is 0 Å². The van der Waals surface area contributed by atoms with Crippen LogP contribution < -0.4 is 4.74 Å². The van der Waals surface area contributed by atoms with Crippen molar-refractivity contribution in [2.75, 3.05) is 6.61 Å². The van der Waals surface area contributed by atoms with Crippen LogP contribution in [0.15, 0.2) is 18.2 Å². The predicted molar refractivity (Wildman–Crippen MR) is 46.1 cm³/mol. The zero-order chi connectivity index (χ0) is 10.6. The molecule has 0 N–H and O–H groups in total. The Morgan fingerprint density at radius 2 is 2.07 bits per heavy atom. The average Bonchev–Trinajstić information content (AvgIpc) is 2.14. The van der Waals surface area contributed by atoms with Crippen molar-refractivity contribution in [2.45, 2.75) is 19.5 Å². The first-order valence-electron chi connectivity index (χ1n) is 4.25. The summed E-state index contributed by atoms with van der Waals surface area (Å²) >= 11 is 0. The molecule has 0 bridgehead atoms. The van der Waals surface area contributed by atoms with Gasteiger partial charge in [-0.05, 0) is 24.6 Å². The molecule has 0 unspecified atom stereocenters. The monoisotopic (exact) mass is 203 g/mol. The maximum Gasteiger partial charge on any atom is 0.416 e. The molecule has 0 aromatic heterocycles. The van der Waals surface area contributed by atoms with Crippen molar-refractivity contribution in [3.63, 3.8) is 0 Å². The summed E-state index contributed by atoms with van der Waals surface area (Å²) in [4.78, 5) is 0. The normalized spacial score (nSPS) is 11.4. The largest absolute Gasteiger partial charge is 0.493 e. The van der Waals surface area contributed by atoms with Gasteiger partial charge in [0, 0.05) is 6.07 Å². The number of ether oxygens (including phenoxy) is 1. The summed E-state index contributed by atoms with van der Waals surface area (Å²) in [6.07, 6.45) is -3.49. The third-order valence-corrected chi connectivity index (χ3v) is 1.57. The lowest BCUT2D eigenvalue weighted by atomic mass is 10.2. The smallest absolute Gasteiger partial charge is 0.416 e. The van der Waals surface area contributed by atoms with Crippen LogP contribution in [0.1, 0.15) is 18.9 Å². The maximum absolute atomic E-state index is 12.1. The number of alkyl halides is 3. The molecule has 1 radical (unpaired) electrons. The Hall–Kier alpha value is -1.19. The molecular formula is C10H10F3O. The van der Waals surface area contributed by atoms with Crippen molar-refractivity contribution >= 4 is 0 Å². The van der Waals surface area contributed by atoms with Gasteiger partial charge >= 0.3 is 6.18 Å². The van der Waals surface area contributed by atoms with Crippen LogP contribution in [0.5, 0.6) is 5.75 Å². The van der Waals surface area contributed by atoms with Gasteiger partial charge < -0.3 is 4.74 Å². The van der Waals surface area contributed by atoms with Gasteiger partial charge in [0.2, 0.25) is 0 Å². The molecule has 0 atom stereocenters. The fraction of sp³-hybridized carbons (Fsp3) is 0.400. The minimum absolute atomic E-state index is 0.347. The maximum atomic E-state index is 12.1. The standard InChI is InChI=1S/C10H10F3O/c1-2-7-14-9-5-3-8(4-6-9)10(11,12)13/h3-5H,2,7H2,1H3. The van der Waals surface area contributed by atoms with Gasteiger partial charge in [0.25, 0.3) is 0 Å². The molecule has 0 saturated heterocycles. The number of rotatable bonds is 3. The summed E-state index contributed by atoms with van der Waals surface area (Å²) in [7, 11) is 0. The Balaban J connectivity index is 2.69. The molecule has 77 valence electrons. The highest BCUT2D eigenvalue weighted by Gasteiger charge is 2.30. The molecule has 0 spiro atoms. The minimum atomic E-state index is -4.31. The van der Waals surface area contributed by atoms with E-state index in [1.54, 1.807) is 0 Å². The van der Waals surface area contributed by atoms with E-state index in [0.717, 1.165) is 18.6 Å². The molecule has 1 rings (SSSR count). The first-order chi connectivity index (χ1) is 6.54. The molecule has 14 heavy (non-hydrogen) atoms. The summed E-state index contributed by atoms with van der Waals surface area (Å²) in [6, 6.07) is 5.59. The van der Waals surface area contributed by atoms with E-state index in [1.807, 2.05) is 6.92 Å². The minimum Gasteiger partial charge on any atom is -0.493 e. The van der Waals surface area contributed by atoms with Gasteiger partial charge in [0.1, 0.15) is 5.75 Å². The van der Waals surface area contributed by atoms with Gasteiger partial charge in [-0.25, -0.2) is 0 Å². The molecule has 0 fully saturated rings. The van der Waals surface area contributed by atoms with E-state index >= 15 is 0 Å². The topological polar surface area (TPSA) is 9.23 Å². The van der Waals surface area contributed by atoms with Crippen molar-refractivity contribution in [2.24, 2.45) is 0 Å². The lowest BCUT2D eigenvalue weighted by Crippen LogP contribution is -2.04. The van der Waals surface area contributed by atoms with Crippen LogP contribution in [0.4, 0.5) is 13.2 Å². The first kappa shape index (κ1) is 10.9. The van der Waals surface area contributed by atoms with Crippen LogP contribution in [-0.2, 0) is 6.18 Å². The number of hydrogen-bond donors (Lipinski definition) is 0. The van der Waals surface area contributed by atoms with Crippen molar-refractivity contribution in [1.82, 2.24) is 0 Å². The second-order valence-corrected chi connectivity index (χ2v) is 2.79. The summed E-state index contributed by atoms with van der Waals surface area (Å²) in [5.74, 6) is 0.347. The van der Waals surface area contributed by atoms with Gasteiger partial charge in [-0.15, -0.1) is 0 Å². The van der Waals surface area contributed by atoms with Crippen LogP contribution in [0, 0.1) is 6.07 Å². The molecule has 0 aliphatic carbocycles. The molecular weight excluding hydrogens is 193 g/mol. The van der Waals surface area contributed by atoms with E-state index in [-0.39, 0.29) is 0 Å². The Kier molecular flexibility index (Phi) is 3.38. The summed E-state index contributed by atoms with van der Waals surface area (Å²) in [5, 5.41) is 0. The molecule has 0 amide bonds. The molecule has 4 heteroatoms. The summed E-state index contributed by atoms with van der Waals surface area (Å²) in [6.45, 7) is 2.41. The lowest BCUT2D eigenvalue weighted by molar-refractivity contribution is -0.137. The molecule has 0 aliphatic rings.